The Morgan fingerprint density at radius 3 is 2.57 bits per heavy atom. The molecule has 118 valence electrons. The van der Waals surface area contributed by atoms with Gasteiger partial charge in [0.1, 0.15) is 0 Å². The van der Waals surface area contributed by atoms with Crippen molar-refractivity contribution in [3.63, 3.8) is 0 Å². The monoisotopic (exact) mass is 288 g/mol. The fourth-order valence-corrected chi connectivity index (χ4v) is 3.16. The average molecular weight is 288 g/mol. The Labute approximate surface area is 130 Å². The fraction of sp³-hybridized carbons (Fsp3) is 0.684. The van der Waals surface area contributed by atoms with Gasteiger partial charge in [-0.3, -0.25) is 0 Å². The number of benzene rings is 1. The lowest BCUT2D eigenvalue weighted by Crippen LogP contribution is -2.38. The number of rotatable bonds is 8. The summed E-state index contributed by atoms with van der Waals surface area (Å²) in [5.41, 5.74) is 1.44. The van der Waals surface area contributed by atoms with Gasteiger partial charge in [-0.1, -0.05) is 57.0 Å². The highest BCUT2D eigenvalue weighted by Gasteiger charge is 2.16. The van der Waals surface area contributed by atoms with E-state index in [2.05, 4.69) is 54.4 Å². The first-order valence-electron chi connectivity index (χ1n) is 8.80. The van der Waals surface area contributed by atoms with E-state index in [1.807, 2.05) is 0 Å². The zero-order chi connectivity index (χ0) is 14.9. The maximum atomic E-state index is 3.79. The van der Waals surface area contributed by atoms with Crippen molar-refractivity contribution in [3.8, 4) is 0 Å². The van der Waals surface area contributed by atoms with Gasteiger partial charge < -0.3 is 10.2 Å². The number of nitrogens with zero attached hydrogens (tertiary/aromatic N) is 1. The summed E-state index contributed by atoms with van der Waals surface area (Å²) >= 11 is 0. The lowest BCUT2D eigenvalue weighted by atomic mass is 9.99. The van der Waals surface area contributed by atoms with Crippen molar-refractivity contribution in [3.05, 3.63) is 35.9 Å². The minimum absolute atomic E-state index is 0.523. The molecule has 1 aromatic rings. The van der Waals surface area contributed by atoms with Gasteiger partial charge in [-0.25, -0.2) is 0 Å². The topological polar surface area (TPSA) is 15.3 Å². The third kappa shape index (κ3) is 5.80. The van der Waals surface area contributed by atoms with E-state index in [9.17, 15) is 0 Å². The second-order valence-corrected chi connectivity index (χ2v) is 6.58. The Bertz CT molecular complexity index is 368. The van der Waals surface area contributed by atoms with E-state index < -0.39 is 0 Å². The normalized spacial score (nSPS) is 18.8. The third-order valence-corrected chi connectivity index (χ3v) is 4.74. The van der Waals surface area contributed by atoms with Crippen molar-refractivity contribution in [2.24, 2.45) is 5.92 Å². The van der Waals surface area contributed by atoms with Crippen LogP contribution in [0, 0.1) is 5.92 Å². The van der Waals surface area contributed by atoms with Gasteiger partial charge in [0.25, 0.3) is 0 Å². The molecule has 1 unspecified atom stereocenters. The van der Waals surface area contributed by atoms with Crippen molar-refractivity contribution in [1.29, 1.82) is 0 Å². The molecule has 1 aromatic carbocycles. The van der Waals surface area contributed by atoms with Gasteiger partial charge in [0, 0.05) is 19.1 Å². The quantitative estimate of drug-likeness (QED) is 0.769. The van der Waals surface area contributed by atoms with Crippen LogP contribution in [0.15, 0.2) is 30.3 Å². The Balaban J connectivity index is 1.76. The molecule has 21 heavy (non-hydrogen) atoms. The van der Waals surface area contributed by atoms with Crippen LogP contribution in [0.3, 0.4) is 0 Å². The summed E-state index contributed by atoms with van der Waals surface area (Å²) in [4.78, 5) is 2.62. The summed E-state index contributed by atoms with van der Waals surface area (Å²) in [5, 5.41) is 3.79. The predicted octanol–water partition coefficient (Wildman–Crippen LogP) is 4.24. The summed E-state index contributed by atoms with van der Waals surface area (Å²) in [7, 11) is 0. The first-order valence-corrected chi connectivity index (χ1v) is 8.80. The Morgan fingerprint density at radius 1 is 1.19 bits per heavy atom. The van der Waals surface area contributed by atoms with Crippen LogP contribution in [0.25, 0.3) is 0 Å². The molecule has 1 aliphatic rings. The summed E-state index contributed by atoms with van der Waals surface area (Å²) in [6, 6.07) is 11.5. The van der Waals surface area contributed by atoms with E-state index in [1.165, 1.54) is 57.3 Å². The van der Waals surface area contributed by atoms with Gasteiger partial charge in [0.2, 0.25) is 0 Å². The highest BCUT2D eigenvalue weighted by molar-refractivity contribution is 5.18. The SMILES string of the molecule is CCCCC(NCCN1CCC(C)CC1)c1ccccc1. The molecule has 1 aliphatic heterocycles. The number of piperidine rings is 1. The molecule has 1 atom stereocenters. The molecule has 2 nitrogen and oxygen atoms in total. The first-order chi connectivity index (χ1) is 10.3. The molecule has 1 N–H and O–H groups in total. The highest BCUT2D eigenvalue weighted by atomic mass is 15.1. The van der Waals surface area contributed by atoms with Gasteiger partial charge in [-0.05, 0) is 43.8 Å². The van der Waals surface area contributed by atoms with Crippen LogP contribution < -0.4 is 5.32 Å². The second kappa shape index (κ2) is 9.22. The molecular formula is C19H32N2. The number of hydrogen-bond donors (Lipinski definition) is 1. The standard InChI is InChI=1S/C19H32N2/c1-3-4-10-19(18-8-6-5-7-9-18)20-13-16-21-14-11-17(2)12-15-21/h5-9,17,19-20H,3-4,10-16H2,1-2H3. The molecule has 0 bridgehead atoms. The number of unbranched alkanes of at least 4 members (excludes halogenated alkanes) is 1. The maximum Gasteiger partial charge on any atom is 0.0320 e. The van der Waals surface area contributed by atoms with Crippen LogP contribution in [-0.4, -0.2) is 31.1 Å². The van der Waals surface area contributed by atoms with Crippen molar-refractivity contribution in [2.75, 3.05) is 26.2 Å². The van der Waals surface area contributed by atoms with Crippen LogP contribution in [0.5, 0.6) is 0 Å². The van der Waals surface area contributed by atoms with Crippen LogP contribution in [0.1, 0.15) is 57.6 Å². The predicted molar refractivity (Wildman–Crippen MR) is 91.5 cm³/mol. The molecule has 2 rings (SSSR count). The molecule has 2 heteroatoms. The van der Waals surface area contributed by atoms with Crippen molar-refractivity contribution >= 4 is 0 Å². The molecule has 0 radical (unpaired) electrons. The van der Waals surface area contributed by atoms with Gasteiger partial charge >= 0.3 is 0 Å². The molecule has 0 aromatic heterocycles. The van der Waals surface area contributed by atoms with Crippen molar-refractivity contribution < 1.29 is 0 Å². The summed E-state index contributed by atoms with van der Waals surface area (Å²) < 4.78 is 0. The maximum absolute atomic E-state index is 3.79. The Kier molecular flexibility index (Phi) is 7.25. The fourth-order valence-electron chi connectivity index (χ4n) is 3.16. The van der Waals surface area contributed by atoms with Crippen LogP contribution in [0.2, 0.25) is 0 Å². The third-order valence-electron chi connectivity index (χ3n) is 4.74. The number of likely N-dealkylation sites (tertiary alicyclic amines) is 1. The van der Waals surface area contributed by atoms with Gasteiger partial charge in [-0.15, -0.1) is 0 Å². The Hall–Kier alpha value is -0.860. The second-order valence-electron chi connectivity index (χ2n) is 6.58. The summed E-state index contributed by atoms with van der Waals surface area (Å²) in [5.74, 6) is 0.927. The average Bonchev–Trinajstić information content (AvgIpc) is 2.53. The summed E-state index contributed by atoms with van der Waals surface area (Å²) in [6.45, 7) is 9.53. The molecule has 1 saturated heterocycles. The smallest absolute Gasteiger partial charge is 0.0320 e. The lowest BCUT2D eigenvalue weighted by Gasteiger charge is -2.31. The van der Waals surface area contributed by atoms with Gasteiger partial charge in [-0.2, -0.15) is 0 Å². The first kappa shape index (κ1) is 16.5. The zero-order valence-electron chi connectivity index (χ0n) is 13.9. The van der Waals surface area contributed by atoms with Gasteiger partial charge in [0.15, 0.2) is 0 Å². The highest BCUT2D eigenvalue weighted by Crippen LogP contribution is 2.19. The van der Waals surface area contributed by atoms with E-state index in [0.29, 0.717) is 6.04 Å². The number of hydrogen-bond acceptors (Lipinski definition) is 2. The Morgan fingerprint density at radius 2 is 1.90 bits per heavy atom. The van der Waals surface area contributed by atoms with Gasteiger partial charge in [0.05, 0.1) is 0 Å². The lowest BCUT2D eigenvalue weighted by molar-refractivity contribution is 0.191. The van der Waals surface area contributed by atoms with E-state index in [1.54, 1.807) is 0 Å². The number of nitrogens with one attached hydrogen (secondary N) is 1. The zero-order valence-corrected chi connectivity index (χ0v) is 13.9. The van der Waals surface area contributed by atoms with Crippen LogP contribution in [0.4, 0.5) is 0 Å². The minimum Gasteiger partial charge on any atom is -0.309 e. The van der Waals surface area contributed by atoms with Crippen LogP contribution >= 0.6 is 0 Å². The van der Waals surface area contributed by atoms with Crippen molar-refractivity contribution in [2.45, 2.75) is 52.0 Å². The van der Waals surface area contributed by atoms with Crippen molar-refractivity contribution in [1.82, 2.24) is 10.2 Å². The minimum atomic E-state index is 0.523. The van der Waals surface area contributed by atoms with E-state index in [0.717, 1.165) is 12.5 Å². The molecule has 0 aliphatic carbocycles. The molecule has 0 spiro atoms. The van der Waals surface area contributed by atoms with E-state index in [-0.39, 0.29) is 0 Å². The van der Waals surface area contributed by atoms with E-state index in [4.69, 9.17) is 0 Å². The molecule has 0 saturated carbocycles. The largest absolute Gasteiger partial charge is 0.309 e. The van der Waals surface area contributed by atoms with E-state index >= 15 is 0 Å². The molecule has 0 amide bonds. The molecule has 1 fully saturated rings. The van der Waals surface area contributed by atoms with Crippen LogP contribution in [-0.2, 0) is 0 Å². The molecule has 1 heterocycles. The summed E-state index contributed by atoms with van der Waals surface area (Å²) in [6.07, 6.45) is 6.57. The molecular weight excluding hydrogens is 256 g/mol.